The maximum atomic E-state index is 11.4. The van der Waals surface area contributed by atoms with Crippen molar-refractivity contribution in [2.75, 3.05) is 26.7 Å². The monoisotopic (exact) mass is 200 g/mol. The van der Waals surface area contributed by atoms with Crippen molar-refractivity contribution in [3.8, 4) is 0 Å². The highest BCUT2D eigenvalue weighted by Gasteiger charge is 2.16. The minimum Gasteiger partial charge on any atom is -0.395 e. The summed E-state index contributed by atoms with van der Waals surface area (Å²) in [6.45, 7) is 0.859. The van der Waals surface area contributed by atoms with Crippen LogP contribution >= 0.6 is 0 Å². The predicted octanol–water partition coefficient (Wildman–Crippen LogP) is -0.0307. The van der Waals surface area contributed by atoms with E-state index in [4.69, 9.17) is 5.11 Å². The predicted molar refractivity (Wildman–Crippen MR) is 55.0 cm³/mol. The van der Waals surface area contributed by atoms with Gasteiger partial charge in [0.1, 0.15) is 0 Å². The molecule has 0 heterocycles. The average molecular weight is 200 g/mol. The van der Waals surface area contributed by atoms with Crippen LogP contribution in [0.5, 0.6) is 0 Å². The second kappa shape index (κ2) is 5.98. The Morgan fingerprint density at radius 1 is 1.50 bits per heavy atom. The van der Waals surface area contributed by atoms with Gasteiger partial charge in [0.05, 0.1) is 13.2 Å². The SMILES string of the molecule is CN(CCO)C(=O)CNC1CCCC1. The van der Waals surface area contributed by atoms with Crippen LogP contribution in [0.4, 0.5) is 0 Å². The molecule has 1 aliphatic carbocycles. The van der Waals surface area contributed by atoms with Crippen molar-refractivity contribution in [1.29, 1.82) is 0 Å². The standard InChI is InChI=1S/C10H20N2O2/c1-12(6-7-13)10(14)8-11-9-4-2-3-5-9/h9,11,13H,2-8H2,1H3. The van der Waals surface area contributed by atoms with Gasteiger partial charge in [-0.1, -0.05) is 12.8 Å². The number of nitrogens with one attached hydrogen (secondary N) is 1. The first-order chi connectivity index (χ1) is 6.74. The zero-order valence-electron chi connectivity index (χ0n) is 8.83. The summed E-state index contributed by atoms with van der Waals surface area (Å²) in [4.78, 5) is 13.0. The number of aliphatic hydroxyl groups is 1. The van der Waals surface area contributed by atoms with Gasteiger partial charge in [0.25, 0.3) is 0 Å². The molecular formula is C10H20N2O2. The molecule has 1 fully saturated rings. The molecule has 0 spiro atoms. The fraction of sp³-hybridized carbons (Fsp3) is 0.900. The topological polar surface area (TPSA) is 52.6 Å². The number of hydrogen-bond donors (Lipinski definition) is 2. The lowest BCUT2D eigenvalue weighted by atomic mass is 10.2. The summed E-state index contributed by atoms with van der Waals surface area (Å²) in [5.41, 5.74) is 0. The molecule has 0 aromatic rings. The summed E-state index contributed by atoms with van der Waals surface area (Å²) in [6.07, 6.45) is 4.94. The molecule has 2 N–H and O–H groups in total. The highest BCUT2D eigenvalue weighted by Crippen LogP contribution is 2.17. The lowest BCUT2D eigenvalue weighted by Gasteiger charge is -2.18. The fourth-order valence-corrected chi connectivity index (χ4v) is 1.77. The molecule has 82 valence electrons. The second-order valence-corrected chi connectivity index (χ2v) is 3.90. The van der Waals surface area contributed by atoms with Crippen LogP contribution in [-0.4, -0.2) is 48.7 Å². The summed E-state index contributed by atoms with van der Waals surface area (Å²) in [6, 6.07) is 0.529. The molecule has 1 saturated carbocycles. The van der Waals surface area contributed by atoms with Gasteiger partial charge in [-0.25, -0.2) is 0 Å². The molecule has 0 radical (unpaired) electrons. The van der Waals surface area contributed by atoms with Gasteiger partial charge in [0, 0.05) is 19.6 Å². The Balaban J connectivity index is 2.13. The van der Waals surface area contributed by atoms with Crippen LogP contribution in [0, 0.1) is 0 Å². The Hall–Kier alpha value is -0.610. The van der Waals surface area contributed by atoms with Gasteiger partial charge in [-0.2, -0.15) is 0 Å². The molecule has 1 aliphatic rings. The van der Waals surface area contributed by atoms with E-state index in [9.17, 15) is 4.79 Å². The molecule has 0 aromatic carbocycles. The van der Waals surface area contributed by atoms with E-state index in [0.29, 0.717) is 19.1 Å². The normalized spacial score (nSPS) is 17.3. The third kappa shape index (κ3) is 3.64. The molecule has 4 heteroatoms. The smallest absolute Gasteiger partial charge is 0.236 e. The van der Waals surface area contributed by atoms with Crippen LogP contribution in [0.25, 0.3) is 0 Å². The van der Waals surface area contributed by atoms with Gasteiger partial charge in [-0.3, -0.25) is 4.79 Å². The first kappa shape index (κ1) is 11.5. The minimum absolute atomic E-state index is 0.0334. The van der Waals surface area contributed by atoms with Crippen molar-refractivity contribution >= 4 is 5.91 Å². The van der Waals surface area contributed by atoms with Crippen molar-refractivity contribution in [1.82, 2.24) is 10.2 Å². The molecule has 14 heavy (non-hydrogen) atoms. The van der Waals surface area contributed by atoms with Gasteiger partial charge >= 0.3 is 0 Å². The lowest BCUT2D eigenvalue weighted by Crippen LogP contribution is -2.40. The molecule has 0 aromatic heterocycles. The summed E-state index contributed by atoms with van der Waals surface area (Å²) in [7, 11) is 1.72. The molecule has 0 bridgehead atoms. The number of hydrogen-bond acceptors (Lipinski definition) is 3. The third-order valence-corrected chi connectivity index (χ3v) is 2.76. The molecule has 0 unspecified atom stereocenters. The molecule has 0 atom stereocenters. The van der Waals surface area contributed by atoms with E-state index in [1.807, 2.05) is 0 Å². The first-order valence-electron chi connectivity index (χ1n) is 5.32. The summed E-state index contributed by atoms with van der Waals surface area (Å²) in [5, 5.41) is 11.9. The summed E-state index contributed by atoms with van der Waals surface area (Å²) in [5.74, 6) is 0.0611. The van der Waals surface area contributed by atoms with Crippen LogP contribution in [-0.2, 0) is 4.79 Å². The average Bonchev–Trinajstić information content (AvgIpc) is 2.67. The molecule has 1 rings (SSSR count). The largest absolute Gasteiger partial charge is 0.395 e. The summed E-state index contributed by atoms with van der Waals surface area (Å²) >= 11 is 0. The van der Waals surface area contributed by atoms with Crippen molar-refractivity contribution in [3.05, 3.63) is 0 Å². The highest BCUT2D eigenvalue weighted by atomic mass is 16.3. The zero-order valence-corrected chi connectivity index (χ0v) is 8.83. The number of carbonyl (C=O) groups is 1. The number of likely N-dealkylation sites (N-methyl/N-ethyl adjacent to an activating group) is 1. The first-order valence-corrected chi connectivity index (χ1v) is 5.32. The van der Waals surface area contributed by atoms with Crippen molar-refractivity contribution in [3.63, 3.8) is 0 Å². The van der Waals surface area contributed by atoms with Crippen LogP contribution < -0.4 is 5.32 Å². The van der Waals surface area contributed by atoms with E-state index in [2.05, 4.69) is 5.32 Å². The van der Waals surface area contributed by atoms with Crippen LogP contribution in [0.3, 0.4) is 0 Å². The van der Waals surface area contributed by atoms with Crippen molar-refractivity contribution in [2.24, 2.45) is 0 Å². The van der Waals surface area contributed by atoms with Crippen LogP contribution in [0.2, 0.25) is 0 Å². The number of rotatable bonds is 5. The third-order valence-electron chi connectivity index (χ3n) is 2.76. The Morgan fingerprint density at radius 3 is 2.71 bits per heavy atom. The maximum absolute atomic E-state index is 11.4. The zero-order chi connectivity index (χ0) is 10.4. The Morgan fingerprint density at radius 2 is 2.14 bits per heavy atom. The van der Waals surface area contributed by atoms with Gasteiger partial charge in [0.15, 0.2) is 0 Å². The van der Waals surface area contributed by atoms with Crippen molar-refractivity contribution in [2.45, 2.75) is 31.7 Å². The second-order valence-electron chi connectivity index (χ2n) is 3.90. The maximum Gasteiger partial charge on any atom is 0.236 e. The van der Waals surface area contributed by atoms with Gasteiger partial charge in [0.2, 0.25) is 5.91 Å². The molecule has 1 amide bonds. The summed E-state index contributed by atoms with van der Waals surface area (Å²) < 4.78 is 0. The number of carbonyl (C=O) groups excluding carboxylic acids is 1. The number of nitrogens with zero attached hydrogens (tertiary/aromatic N) is 1. The van der Waals surface area contributed by atoms with Crippen molar-refractivity contribution < 1.29 is 9.90 Å². The van der Waals surface area contributed by atoms with E-state index in [-0.39, 0.29) is 12.5 Å². The molecular weight excluding hydrogens is 180 g/mol. The van der Waals surface area contributed by atoms with E-state index in [0.717, 1.165) is 0 Å². The minimum atomic E-state index is 0.0334. The van der Waals surface area contributed by atoms with E-state index in [1.165, 1.54) is 25.7 Å². The molecule has 0 aliphatic heterocycles. The Bertz CT molecular complexity index is 179. The Labute approximate surface area is 85.3 Å². The quantitative estimate of drug-likeness (QED) is 0.655. The Kier molecular flexibility index (Phi) is 4.90. The van der Waals surface area contributed by atoms with E-state index < -0.39 is 0 Å². The van der Waals surface area contributed by atoms with E-state index >= 15 is 0 Å². The van der Waals surface area contributed by atoms with Gasteiger partial charge in [-0.05, 0) is 12.8 Å². The van der Waals surface area contributed by atoms with Crippen LogP contribution in [0.15, 0.2) is 0 Å². The molecule has 0 saturated heterocycles. The molecule has 4 nitrogen and oxygen atoms in total. The fourth-order valence-electron chi connectivity index (χ4n) is 1.77. The number of aliphatic hydroxyl groups excluding tert-OH is 1. The lowest BCUT2D eigenvalue weighted by molar-refractivity contribution is -0.129. The highest BCUT2D eigenvalue weighted by molar-refractivity contribution is 5.77. The van der Waals surface area contributed by atoms with Crippen LogP contribution in [0.1, 0.15) is 25.7 Å². The van der Waals surface area contributed by atoms with Gasteiger partial charge < -0.3 is 15.3 Å². The van der Waals surface area contributed by atoms with Gasteiger partial charge in [-0.15, -0.1) is 0 Å². The number of amides is 1. The van der Waals surface area contributed by atoms with E-state index in [1.54, 1.807) is 11.9 Å².